The number of rotatable bonds is 8. The van der Waals surface area contributed by atoms with Crippen LogP contribution in [0.1, 0.15) is 5.56 Å². The Balaban J connectivity index is 1.88. The zero-order valence-corrected chi connectivity index (χ0v) is 16.2. The summed E-state index contributed by atoms with van der Waals surface area (Å²) >= 11 is 5.78. The van der Waals surface area contributed by atoms with Crippen molar-refractivity contribution in [2.75, 3.05) is 30.3 Å². The largest absolute Gasteiger partial charge is 0.484 e. The number of halogens is 1. The van der Waals surface area contributed by atoms with Gasteiger partial charge in [-0.3, -0.25) is 9.10 Å². The smallest absolute Gasteiger partial charge is 0.258 e. The molecule has 0 aliphatic heterocycles. The first-order valence-corrected chi connectivity index (χ1v) is 10.2. The molecule has 0 saturated carbocycles. The molecule has 0 bridgehead atoms. The summed E-state index contributed by atoms with van der Waals surface area (Å²) in [5.74, 6) is 0.195. The van der Waals surface area contributed by atoms with Crippen LogP contribution in [0.4, 0.5) is 5.69 Å². The number of hydrogen-bond donors (Lipinski definition) is 1. The van der Waals surface area contributed by atoms with Crippen LogP contribution in [-0.4, -0.2) is 40.3 Å². The minimum Gasteiger partial charge on any atom is -0.484 e. The van der Waals surface area contributed by atoms with Gasteiger partial charge in [-0.1, -0.05) is 29.8 Å². The van der Waals surface area contributed by atoms with E-state index in [1.165, 1.54) is 4.31 Å². The highest BCUT2D eigenvalue weighted by Gasteiger charge is 2.18. The molecule has 0 fully saturated rings. The average molecular weight is 397 g/mol. The van der Waals surface area contributed by atoms with Crippen molar-refractivity contribution in [2.24, 2.45) is 0 Å². The van der Waals surface area contributed by atoms with E-state index >= 15 is 0 Å². The molecule has 0 saturated heterocycles. The highest BCUT2D eigenvalue weighted by Crippen LogP contribution is 2.21. The van der Waals surface area contributed by atoms with E-state index in [1.54, 1.807) is 36.4 Å². The molecule has 0 radical (unpaired) electrons. The molecule has 8 heteroatoms. The second kappa shape index (κ2) is 8.91. The van der Waals surface area contributed by atoms with E-state index in [2.05, 4.69) is 5.32 Å². The zero-order chi connectivity index (χ0) is 19.2. The molecular formula is C18H21ClN2O4S. The maximum absolute atomic E-state index is 12.1. The predicted molar refractivity (Wildman–Crippen MR) is 103 cm³/mol. The first-order chi connectivity index (χ1) is 12.3. The van der Waals surface area contributed by atoms with Crippen LogP contribution in [0.2, 0.25) is 5.02 Å². The summed E-state index contributed by atoms with van der Waals surface area (Å²) < 4.78 is 30.8. The van der Waals surface area contributed by atoms with Gasteiger partial charge in [0.05, 0.1) is 18.5 Å². The Labute approximate surface area is 158 Å². The van der Waals surface area contributed by atoms with Crippen LogP contribution in [0.25, 0.3) is 0 Å². The first-order valence-electron chi connectivity index (χ1n) is 7.96. The topological polar surface area (TPSA) is 75.7 Å². The molecular weight excluding hydrogens is 376 g/mol. The molecule has 140 valence electrons. The first kappa shape index (κ1) is 20.1. The van der Waals surface area contributed by atoms with Crippen molar-refractivity contribution in [3.05, 3.63) is 59.1 Å². The van der Waals surface area contributed by atoms with Crippen molar-refractivity contribution in [3.8, 4) is 5.75 Å². The van der Waals surface area contributed by atoms with E-state index in [1.807, 2.05) is 19.1 Å². The van der Waals surface area contributed by atoms with E-state index in [0.29, 0.717) is 16.5 Å². The number of carbonyl (C=O) groups excluding carboxylic acids is 1. The van der Waals surface area contributed by atoms with E-state index in [-0.39, 0.29) is 25.6 Å². The fourth-order valence-corrected chi connectivity index (χ4v) is 3.45. The minimum absolute atomic E-state index is 0.135. The molecule has 1 amide bonds. The van der Waals surface area contributed by atoms with Crippen LogP contribution in [0.15, 0.2) is 48.5 Å². The van der Waals surface area contributed by atoms with Crippen molar-refractivity contribution in [2.45, 2.75) is 6.92 Å². The Hall–Kier alpha value is -2.25. The summed E-state index contributed by atoms with van der Waals surface area (Å²) in [6.07, 6.45) is 1.14. The number of para-hydroxylation sites is 1. The number of nitrogens with zero attached hydrogens (tertiary/aromatic N) is 1. The second-order valence-corrected chi connectivity index (χ2v) is 8.06. The Morgan fingerprint density at radius 2 is 1.81 bits per heavy atom. The van der Waals surface area contributed by atoms with Gasteiger partial charge in [0.15, 0.2) is 6.61 Å². The lowest BCUT2D eigenvalue weighted by Crippen LogP contribution is -2.39. The molecule has 0 atom stereocenters. The minimum atomic E-state index is -3.46. The maximum atomic E-state index is 12.1. The van der Waals surface area contributed by atoms with Gasteiger partial charge in [-0.15, -0.1) is 0 Å². The van der Waals surface area contributed by atoms with Crippen molar-refractivity contribution >= 4 is 33.2 Å². The van der Waals surface area contributed by atoms with Crippen molar-refractivity contribution in [1.82, 2.24) is 5.32 Å². The van der Waals surface area contributed by atoms with Gasteiger partial charge < -0.3 is 10.1 Å². The van der Waals surface area contributed by atoms with Crippen LogP contribution >= 0.6 is 11.6 Å². The summed E-state index contributed by atoms with van der Waals surface area (Å²) in [7, 11) is -3.46. The van der Waals surface area contributed by atoms with Crippen molar-refractivity contribution in [1.29, 1.82) is 0 Å². The van der Waals surface area contributed by atoms with Gasteiger partial charge in [-0.2, -0.15) is 0 Å². The molecule has 0 aliphatic rings. The Morgan fingerprint density at radius 1 is 1.15 bits per heavy atom. The molecule has 0 aromatic heterocycles. The van der Waals surface area contributed by atoms with E-state index in [4.69, 9.17) is 16.3 Å². The lowest BCUT2D eigenvalue weighted by Gasteiger charge is -2.24. The van der Waals surface area contributed by atoms with Gasteiger partial charge >= 0.3 is 0 Å². The van der Waals surface area contributed by atoms with Gasteiger partial charge in [0.25, 0.3) is 5.91 Å². The molecule has 2 rings (SSSR count). The number of amides is 1. The molecule has 26 heavy (non-hydrogen) atoms. The number of ether oxygens (including phenoxy) is 1. The van der Waals surface area contributed by atoms with E-state index in [0.717, 1.165) is 11.8 Å². The van der Waals surface area contributed by atoms with Gasteiger partial charge in [-0.25, -0.2) is 8.42 Å². The fraction of sp³-hybridized carbons (Fsp3) is 0.278. The third-order valence-electron chi connectivity index (χ3n) is 3.61. The molecule has 0 heterocycles. The molecule has 0 aliphatic carbocycles. The lowest BCUT2D eigenvalue weighted by molar-refractivity contribution is -0.123. The van der Waals surface area contributed by atoms with Gasteiger partial charge in [0, 0.05) is 11.6 Å². The fourth-order valence-electron chi connectivity index (χ4n) is 2.34. The Morgan fingerprint density at radius 3 is 2.42 bits per heavy atom. The number of anilines is 1. The molecule has 1 N–H and O–H groups in total. The number of hydrogen-bond acceptors (Lipinski definition) is 4. The SMILES string of the molecule is Cc1ccccc1N(CCNC(=O)COc1ccc(Cl)cc1)S(C)(=O)=O. The summed E-state index contributed by atoms with van der Waals surface area (Å²) in [4.78, 5) is 11.9. The standard InChI is InChI=1S/C18H21ClN2O4S/c1-14-5-3-4-6-17(14)21(26(2,23)24)12-11-20-18(22)13-25-16-9-7-15(19)8-10-16/h3-10H,11-13H2,1-2H3,(H,20,22). The third kappa shape index (κ3) is 5.93. The predicted octanol–water partition coefficient (Wildman–Crippen LogP) is 2.61. The number of carbonyl (C=O) groups is 1. The van der Waals surface area contributed by atoms with Crippen LogP contribution in [-0.2, 0) is 14.8 Å². The highest BCUT2D eigenvalue weighted by atomic mass is 35.5. The Bertz CT molecular complexity index is 854. The maximum Gasteiger partial charge on any atom is 0.258 e. The lowest BCUT2D eigenvalue weighted by atomic mass is 10.2. The average Bonchev–Trinajstić information content (AvgIpc) is 2.58. The third-order valence-corrected chi connectivity index (χ3v) is 5.04. The van der Waals surface area contributed by atoms with Gasteiger partial charge in [0.2, 0.25) is 10.0 Å². The summed E-state index contributed by atoms with van der Waals surface area (Å²) in [5.41, 5.74) is 1.44. The zero-order valence-electron chi connectivity index (χ0n) is 14.6. The van der Waals surface area contributed by atoms with Crippen LogP contribution in [0.3, 0.4) is 0 Å². The number of nitrogens with one attached hydrogen (secondary N) is 1. The summed E-state index contributed by atoms with van der Waals surface area (Å²) in [6, 6.07) is 13.9. The van der Waals surface area contributed by atoms with Crippen LogP contribution in [0.5, 0.6) is 5.75 Å². The molecule has 2 aromatic rings. The van der Waals surface area contributed by atoms with E-state index in [9.17, 15) is 13.2 Å². The highest BCUT2D eigenvalue weighted by molar-refractivity contribution is 7.92. The van der Waals surface area contributed by atoms with Crippen LogP contribution in [0, 0.1) is 6.92 Å². The van der Waals surface area contributed by atoms with Crippen molar-refractivity contribution < 1.29 is 17.9 Å². The quantitative estimate of drug-likeness (QED) is 0.744. The summed E-state index contributed by atoms with van der Waals surface area (Å²) in [6.45, 7) is 1.98. The molecule has 0 unspecified atom stereocenters. The molecule has 0 spiro atoms. The normalized spacial score (nSPS) is 11.0. The van der Waals surface area contributed by atoms with Gasteiger partial charge in [0.1, 0.15) is 5.75 Å². The van der Waals surface area contributed by atoms with Crippen molar-refractivity contribution in [3.63, 3.8) is 0 Å². The van der Waals surface area contributed by atoms with Gasteiger partial charge in [-0.05, 0) is 42.8 Å². The van der Waals surface area contributed by atoms with E-state index < -0.39 is 10.0 Å². The monoisotopic (exact) mass is 396 g/mol. The Kier molecular flexibility index (Phi) is 6.88. The number of sulfonamides is 1. The summed E-state index contributed by atoms with van der Waals surface area (Å²) in [5, 5.41) is 3.24. The van der Waals surface area contributed by atoms with Crippen LogP contribution < -0.4 is 14.4 Å². The second-order valence-electron chi connectivity index (χ2n) is 5.71. The number of benzene rings is 2. The molecule has 6 nitrogen and oxygen atoms in total. The number of aryl methyl sites for hydroxylation is 1. The molecule has 2 aromatic carbocycles.